The molecule has 0 spiro atoms. The van der Waals surface area contributed by atoms with E-state index < -0.39 is 0 Å². The molecular formula is C16H33N3. The predicted octanol–water partition coefficient (Wildman–Crippen LogP) is 2.18. The largest absolute Gasteiger partial charge is 0.312 e. The maximum atomic E-state index is 3.73. The van der Waals surface area contributed by atoms with Crippen LogP contribution >= 0.6 is 0 Å². The van der Waals surface area contributed by atoms with Crippen LogP contribution in [0, 0.1) is 5.92 Å². The molecule has 1 aliphatic heterocycles. The standard InChI is InChI=1S/C16H33N3/c1-5-14(4)18-8-10-19(11-9-18)16(13(2)3)12-17-15-6-7-15/h13-17H,5-12H2,1-4H3. The Morgan fingerprint density at radius 3 is 2.05 bits per heavy atom. The lowest BCUT2D eigenvalue weighted by atomic mass is 10.0. The van der Waals surface area contributed by atoms with Gasteiger partial charge in [0, 0.05) is 50.8 Å². The Morgan fingerprint density at radius 2 is 1.58 bits per heavy atom. The second-order valence-electron chi connectivity index (χ2n) is 6.82. The molecule has 2 rings (SSSR count). The van der Waals surface area contributed by atoms with Crippen molar-refractivity contribution in [1.29, 1.82) is 0 Å². The van der Waals surface area contributed by atoms with Crippen molar-refractivity contribution in [3.63, 3.8) is 0 Å². The van der Waals surface area contributed by atoms with Crippen LogP contribution in [-0.2, 0) is 0 Å². The second kappa shape index (κ2) is 7.05. The van der Waals surface area contributed by atoms with Gasteiger partial charge in [-0.25, -0.2) is 0 Å². The van der Waals surface area contributed by atoms with Crippen molar-refractivity contribution < 1.29 is 0 Å². The van der Waals surface area contributed by atoms with Gasteiger partial charge in [0.1, 0.15) is 0 Å². The molecule has 2 atom stereocenters. The van der Waals surface area contributed by atoms with E-state index in [1.807, 2.05) is 0 Å². The van der Waals surface area contributed by atoms with Crippen LogP contribution in [0.2, 0.25) is 0 Å². The molecular weight excluding hydrogens is 234 g/mol. The highest BCUT2D eigenvalue weighted by Gasteiger charge is 2.29. The van der Waals surface area contributed by atoms with Gasteiger partial charge in [0.2, 0.25) is 0 Å². The summed E-state index contributed by atoms with van der Waals surface area (Å²) >= 11 is 0. The zero-order chi connectivity index (χ0) is 13.8. The minimum atomic E-state index is 0.722. The number of piperazine rings is 1. The summed E-state index contributed by atoms with van der Waals surface area (Å²) < 4.78 is 0. The molecule has 0 bridgehead atoms. The molecule has 0 radical (unpaired) electrons. The lowest BCUT2D eigenvalue weighted by molar-refractivity contribution is 0.0568. The van der Waals surface area contributed by atoms with Crippen molar-refractivity contribution in [1.82, 2.24) is 15.1 Å². The first-order valence-electron chi connectivity index (χ1n) is 8.33. The molecule has 0 aromatic rings. The highest BCUT2D eigenvalue weighted by atomic mass is 15.3. The lowest BCUT2D eigenvalue weighted by Crippen LogP contribution is -2.56. The van der Waals surface area contributed by atoms with Crippen molar-refractivity contribution in [2.24, 2.45) is 5.92 Å². The average molecular weight is 267 g/mol. The SMILES string of the molecule is CCC(C)N1CCN(C(CNC2CC2)C(C)C)CC1. The van der Waals surface area contributed by atoms with Gasteiger partial charge < -0.3 is 5.32 Å². The predicted molar refractivity (Wildman–Crippen MR) is 82.5 cm³/mol. The van der Waals surface area contributed by atoms with E-state index in [2.05, 4.69) is 42.8 Å². The summed E-state index contributed by atoms with van der Waals surface area (Å²) in [5.74, 6) is 0.751. The topological polar surface area (TPSA) is 18.5 Å². The number of hydrogen-bond donors (Lipinski definition) is 1. The molecule has 1 N–H and O–H groups in total. The Morgan fingerprint density at radius 1 is 1.00 bits per heavy atom. The molecule has 112 valence electrons. The van der Waals surface area contributed by atoms with Crippen LogP contribution in [0.15, 0.2) is 0 Å². The Bertz CT molecular complexity index is 255. The van der Waals surface area contributed by atoms with E-state index >= 15 is 0 Å². The molecule has 1 heterocycles. The van der Waals surface area contributed by atoms with Gasteiger partial charge in [-0.1, -0.05) is 20.8 Å². The number of nitrogens with zero attached hydrogens (tertiary/aromatic N) is 2. The van der Waals surface area contributed by atoms with Gasteiger partial charge in [-0.15, -0.1) is 0 Å². The highest BCUT2D eigenvalue weighted by molar-refractivity contribution is 4.87. The Balaban J connectivity index is 1.78. The Labute approximate surface area is 119 Å². The third-order valence-electron chi connectivity index (χ3n) is 4.99. The summed E-state index contributed by atoms with van der Waals surface area (Å²) in [7, 11) is 0. The summed E-state index contributed by atoms with van der Waals surface area (Å²) in [6.45, 7) is 15.6. The van der Waals surface area contributed by atoms with Crippen molar-refractivity contribution >= 4 is 0 Å². The van der Waals surface area contributed by atoms with Crippen LogP contribution < -0.4 is 5.32 Å². The first-order chi connectivity index (χ1) is 9.11. The molecule has 0 amide bonds. The minimum absolute atomic E-state index is 0.722. The molecule has 1 saturated heterocycles. The molecule has 2 fully saturated rings. The monoisotopic (exact) mass is 267 g/mol. The molecule has 3 nitrogen and oxygen atoms in total. The van der Waals surface area contributed by atoms with Gasteiger partial charge in [-0.05, 0) is 32.1 Å². The van der Waals surface area contributed by atoms with E-state index in [1.165, 1.54) is 52.0 Å². The normalized spacial score (nSPS) is 25.7. The quantitative estimate of drug-likeness (QED) is 0.763. The molecule has 0 aromatic heterocycles. The lowest BCUT2D eigenvalue weighted by Gasteiger charge is -2.42. The van der Waals surface area contributed by atoms with Crippen LogP contribution in [0.3, 0.4) is 0 Å². The van der Waals surface area contributed by atoms with E-state index in [9.17, 15) is 0 Å². The fourth-order valence-electron chi connectivity index (χ4n) is 3.13. The summed E-state index contributed by atoms with van der Waals surface area (Å²) in [6.07, 6.45) is 4.07. The van der Waals surface area contributed by atoms with Crippen molar-refractivity contribution in [3.05, 3.63) is 0 Å². The van der Waals surface area contributed by atoms with Gasteiger partial charge in [0.15, 0.2) is 0 Å². The van der Waals surface area contributed by atoms with Gasteiger partial charge in [0.25, 0.3) is 0 Å². The molecule has 0 aromatic carbocycles. The smallest absolute Gasteiger partial charge is 0.0244 e. The van der Waals surface area contributed by atoms with Crippen molar-refractivity contribution in [2.45, 2.75) is 65.1 Å². The third-order valence-corrected chi connectivity index (χ3v) is 4.99. The van der Waals surface area contributed by atoms with Crippen LogP contribution in [0.1, 0.15) is 47.0 Å². The highest BCUT2D eigenvalue weighted by Crippen LogP contribution is 2.20. The van der Waals surface area contributed by atoms with Crippen LogP contribution in [0.4, 0.5) is 0 Å². The third kappa shape index (κ3) is 4.44. The fraction of sp³-hybridized carbons (Fsp3) is 1.00. The summed E-state index contributed by atoms with van der Waals surface area (Å²) in [5.41, 5.74) is 0. The average Bonchev–Trinajstić information content (AvgIpc) is 3.22. The Hall–Kier alpha value is -0.120. The maximum absolute atomic E-state index is 3.73. The van der Waals surface area contributed by atoms with E-state index in [-0.39, 0.29) is 0 Å². The van der Waals surface area contributed by atoms with Crippen LogP contribution in [0.25, 0.3) is 0 Å². The first kappa shape index (κ1) is 15.3. The fourth-order valence-corrected chi connectivity index (χ4v) is 3.13. The molecule has 1 saturated carbocycles. The van der Waals surface area contributed by atoms with E-state index in [0.29, 0.717) is 0 Å². The Kier molecular flexibility index (Phi) is 5.67. The zero-order valence-corrected chi connectivity index (χ0v) is 13.4. The van der Waals surface area contributed by atoms with Gasteiger partial charge in [-0.3, -0.25) is 9.80 Å². The summed E-state index contributed by atoms with van der Waals surface area (Å²) in [5, 5.41) is 3.73. The van der Waals surface area contributed by atoms with Gasteiger partial charge in [-0.2, -0.15) is 0 Å². The summed E-state index contributed by atoms with van der Waals surface area (Å²) in [6, 6.07) is 2.31. The molecule has 2 aliphatic rings. The van der Waals surface area contributed by atoms with Gasteiger partial charge >= 0.3 is 0 Å². The van der Waals surface area contributed by atoms with Crippen molar-refractivity contribution in [2.75, 3.05) is 32.7 Å². The molecule has 19 heavy (non-hydrogen) atoms. The van der Waals surface area contributed by atoms with E-state index in [4.69, 9.17) is 0 Å². The van der Waals surface area contributed by atoms with E-state index in [0.717, 1.165) is 24.0 Å². The zero-order valence-electron chi connectivity index (χ0n) is 13.4. The van der Waals surface area contributed by atoms with Gasteiger partial charge in [0.05, 0.1) is 0 Å². The molecule has 2 unspecified atom stereocenters. The summed E-state index contributed by atoms with van der Waals surface area (Å²) in [4.78, 5) is 5.38. The molecule has 3 heteroatoms. The number of nitrogens with one attached hydrogen (secondary N) is 1. The minimum Gasteiger partial charge on any atom is -0.312 e. The van der Waals surface area contributed by atoms with Crippen molar-refractivity contribution in [3.8, 4) is 0 Å². The van der Waals surface area contributed by atoms with Crippen LogP contribution in [-0.4, -0.2) is 60.6 Å². The maximum Gasteiger partial charge on any atom is 0.0244 e. The number of hydrogen-bond acceptors (Lipinski definition) is 3. The first-order valence-corrected chi connectivity index (χ1v) is 8.33. The number of rotatable bonds is 7. The van der Waals surface area contributed by atoms with E-state index in [1.54, 1.807) is 0 Å². The molecule has 1 aliphatic carbocycles. The van der Waals surface area contributed by atoms with Crippen LogP contribution in [0.5, 0.6) is 0 Å². The second-order valence-corrected chi connectivity index (χ2v) is 6.82.